The lowest BCUT2D eigenvalue weighted by atomic mass is 10.4. The van der Waals surface area contributed by atoms with Gasteiger partial charge in [-0.2, -0.15) is 0 Å². The number of nitrogens with two attached hydrogens (primary N) is 1. The smallest absolute Gasteiger partial charge is 0.310 e. The zero-order valence-corrected chi connectivity index (χ0v) is 8.07. The van der Waals surface area contributed by atoms with Crippen molar-refractivity contribution in [2.75, 3.05) is 5.73 Å². The summed E-state index contributed by atoms with van der Waals surface area (Å²) in [6, 6.07) is 0. The molecular weight excluding hydrogens is 198 g/mol. The van der Waals surface area contributed by atoms with Crippen LogP contribution in [0.5, 0.6) is 0 Å². The summed E-state index contributed by atoms with van der Waals surface area (Å²) in [6.45, 7) is 2.42. The number of nitrogens with zero attached hydrogens (tertiary/aromatic N) is 2. The minimum atomic E-state index is -0.447. The SMILES string of the molecule is CC[n+]1c(N)[nH]c(=O)c2[nH]c(=O)cnc21. The molecule has 0 spiro atoms. The van der Waals surface area contributed by atoms with Crippen molar-refractivity contribution in [3.05, 3.63) is 26.9 Å². The largest absolute Gasteiger partial charge is 0.322 e. The van der Waals surface area contributed by atoms with Crippen molar-refractivity contribution in [2.45, 2.75) is 13.5 Å². The van der Waals surface area contributed by atoms with Crippen molar-refractivity contribution in [1.29, 1.82) is 0 Å². The zero-order chi connectivity index (χ0) is 11.0. The fourth-order valence-corrected chi connectivity index (χ4v) is 1.44. The lowest BCUT2D eigenvalue weighted by molar-refractivity contribution is -0.657. The van der Waals surface area contributed by atoms with E-state index in [4.69, 9.17) is 5.73 Å². The van der Waals surface area contributed by atoms with Gasteiger partial charge in [0, 0.05) is 0 Å². The minimum Gasteiger partial charge on any atom is -0.310 e. The maximum atomic E-state index is 11.5. The molecule has 2 aromatic heterocycles. The topological polar surface area (TPSA) is 109 Å². The number of hydrogen-bond acceptors (Lipinski definition) is 4. The van der Waals surface area contributed by atoms with E-state index in [2.05, 4.69) is 15.0 Å². The van der Waals surface area contributed by atoms with E-state index in [1.54, 1.807) is 4.57 Å². The number of aromatic amines is 2. The van der Waals surface area contributed by atoms with Crippen LogP contribution in [-0.2, 0) is 6.54 Å². The molecule has 0 atom stereocenters. The average Bonchev–Trinajstić information content (AvgIpc) is 2.19. The third-order valence-electron chi connectivity index (χ3n) is 2.11. The quantitative estimate of drug-likeness (QED) is 0.495. The van der Waals surface area contributed by atoms with E-state index in [1.807, 2.05) is 6.92 Å². The Kier molecular flexibility index (Phi) is 2.00. The summed E-state index contributed by atoms with van der Waals surface area (Å²) < 4.78 is 1.60. The Morgan fingerprint density at radius 1 is 1.47 bits per heavy atom. The van der Waals surface area contributed by atoms with Gasteiger partial charge in [0.2, 0.25) is 0 Å². The second kappa shape index (κ2) is 3.19. The van der Waals surface area contributed by atoms with E-state index in [-0.39, 0.29) is 11.5 Å². The summed E-state index contributed by atoms with van der Waals surface area (Å²) in [5, 5.41) is 0. The number of anilines is 1. The van der Waals surface area contributed by atoms with E-state index in [0.717, 1.165) is 6.20 Å². The van der Waals surface area contributed by atoms with Crippen molar-refractivity contribution in [3.63, 3.8) is 0 Å². The zero-order valence-electron chi connectivity index (χ0n) is 8.07. The summed E-state index contributed by atoms with van der Waals surface area (Å²) in [5.74, 6) is 0.217. The molecule has 7 heteroatoms. The van der Waals surface area contributed by atoms with Crippen LogP contribution < -0.4 is 21.4 Å². The van der Waals surface area contributed by atoms with Gasteiger partial charge in [-0.05, 0) is 6.92 Å². The van der Waals surface area contributed by atoms with E-state index < -0.39 is 11.1 Å². The first-order valence-electron chi connectivity index (χ1n) is 4.44. The van der Waals surface area contributed by atoms with E-state index in [1.165, 1.54) is 0 Å². The lowest BCUT2D eigenvalue weighted by Gasteiger charge is -2.02. The molecule has 0 aliphatic carbocycles. The Hall–Kier alpha value is -2.18. The number of aryl methyl sites for hydroxylation is 1. The number of nitrogen functional groups attached to an aromatic ring is 1. The average molecular weight is 208 g/mol. The van der Waals surface area contributed by atoms with E-state index in [0.29, 0.717) is 12.2 Å². The second-order valence-corrected chi connectivity index (χ2v) is 3.03. The third-order valence-corrected chi connectivity index (χ3v) is 2.11. The second-order valence-electron chi connectivity index (χ2n) is 3.03. The van der Waals surface area contributed by atoms with Gasteiger partial charge in [0.15, 0.2) is 5.52 Å². The van der Waals surface area contributed by atoms with E-state index in [9.17, 15) is 9.59 Å². The maximum absolute atomic E-state index is 11.5. The summed E-state index contributed by atoms with van der Waals surface area (Å²) in [6.07, 6.45) is 1.12. The van der Waals surface area contributed by atoms with Gasteiger partial charge in [0.1, 0.15) is 6.20 Å². The number of H-pyrrole nitrogens is 2. The molecule has 0 saturated heterocycles. The lowest BCUT2D eigenvalue weighted by Crippen LogP contribution is -2.42. The van der Waals surface area contributed by atoms with Crippen LogP contribution in [-0.4, -0.2) is 15.0 Å². The fraction of sp³-hybridized carbons (Fsp3) is 0.250. The highest BCUT2D eigenvalue weighted by Crippen LogP contribution is 1.95. The summed E-state index contributed by atoms with van der Waals surface area (Å²) in [7, 11) is 0. The monoisotopic (exact) mass is 208 g/mol. The van der Waals surface area contributed by atoms with Crippen LogP contribution in [0.4, 0.5) is 5.95 Å². The van der Waals surface area contributed by atoms with Crippen LogP contribution in [0.25, 0.3) is 11.2 Å². The van der Waals surface area contributed by atoms with Crippen molar-refractivity contribution in [3.8, 4) is 0 Å². The maximum Gasteiger partial charge on any atom is 0.322 e. The highest BCUT2D eigenvalue weighted by atomic mass is 16.1. The van der Waals surface area contributed by atoms with Gasteiger partial charge in [0.05, 0.1) is 6.54 Å². The van der Waals surface area contributed by atoms with Gasteiger partial charge in [-0.1, -0.05) is 0 Å². The minimum absolute atomic E-state index is 0.138. The first-order chi connectivity index (χ1) is 7.13. The van der Waals surface area contributed by atoms with Gasteiger partial charge in [-0.15, -0.1) is 4.98 Å². The molecule has 2 heterocycles. The van der Waals surface area contributed by atoms with Crippen LogP contribution in [0.15, 0.2) is 15.8 Å². The van der Waals surface area contributed by atoms with Gasteiger partial charge in [-0.25, -0.2) is 9.55 Å². The van der Waals surface area contributed by atoms with E-state index >= 15 is 0 Å². The molecule has 0 aliphatic heterocycles. The Bertz CT molecular complexity index is 627. The molecule has 0 aromatic carbocycles. The highest BCUT2D eigenvalue weighted by molar-refractivity contribution is 5.64. The fourth-order valence-electron chi connectivity index (χ4n) is 1.44. The summed E-state index contributed by atoms with van der Waals surface area (Å²) in [4.78, 5) is 31.2. The van der Waals surface area contributed by atoms with Crippen LogP contribution in [0, 0.1) is 0 Å². The van der Waals surface area contributed by atoms with Crippen molar-refractivity contribution in [2.24, 2.45) is 0 Å². The van der Waals surface area contributed by atoms with Crippen LogP contribution in [0.2, 0.25) is 0 Å². The first kappa shape index (κ1) is 9.38. The molecule has 2 rings (SSSR count). The molecule has 0 unspecified atom stereocenters. The van der Waals surface area contributed by atoms with Gasteiger partial charge < -0.3 is 10.7 Å². The number of rotatable bonds is 1. The molecule has 0 amide bonds. The van der Waals surface area contributed by atoms with Crippen molar-refractivity contribution >= 4 is 17.1 Å². The normalized spacial score (nSPS) is 10.7. The Labute approximate surface area is 83.6 Å². The molecule has 0 radical (unpaired) electrons. The third kappa shape index (κ3) is 1.37. The molecule has 0 saturated carbocycles. The van der Waals surface area contributed by atoms with Crippen molar-refractivity contribution < 1.29 is 4.57 Å². The Balaban J connectivity index is 3.03. The Morgan fingerprint density at radius 3 is 2.87 bits per heavy atom. The van der Waals surface area contributed by atoms with Gasteiger partial charge in [0.25, 0.3) is 11.2 Å². The molecule has 7 nitrogen and oxygen atoms in total. The van der Waals surface area contributed by atoms with Crippen molar-refractivity contribution in [1.82, 2.24) is 15.0 Å². The molecule has 4 N–H and O–H groups in total. The Morgan fingerprint density at radius 2 is 2.20 bits per heavy atom. The summed E-state index contributed by atoms with van der Waals surface area (Å²) >= 11 is 0. The molecule has 0 fully saturated rings. The standard InChI is InChI=1S/C8H9N5O2/c1-2-13-6-5(7(15)12-8(13)9)11-4(14)3-10-6/h3H,2H2,1H3,(H3,9,11,12,14,15)/p+1. The summed E-state index contributed by atoms with van der Waals surface area (Å²) in [5.41, 5.74) is 5.26. The predicted molar refractivity (Wildman–Crippen MR) is 53.3 cm³/mol. The first-order valence-corrected chi connectivity index (χ1v) is 4.44. The molecule has 15 heavy (non-hydrogen) atoms. The number of fused-ring (bicyclic) bond motifs is 1. The van der Waals surface area contributed by atoms with Gasteiger partial charge >= 0.3 is 11.5 Å². The predicted octanol–water partition coefficient (Wildman–Crippen LogP) is -1.50. The van der Waals surface area contributed by atoms with Gasteiger partial charge in [-0.3, -0.25) is 9.59 Å². The molecule has 78 valence electrons. The highest BCUT2D eigenvalue weighted by Gasteiger charge is 2.14. The number of nitrogens with one attached hydrogen (secondary N) is 2. The number of aromatic nitrogens is 4. The molecule has 2 aromatic rings. The van der Waals surface area contributed by atoms with Crippen LogP contribution in [0.3, 0.4) is 0 Å². The molecule has 0 aliphatic rings. The molecular formula is C8H10N5O2+. The number of hydrogen-bond donors (Lipinski definition) is 3. The molecule has 0 bridgehead atoms. The van der Waals surface area contributed by atoms with Crippen LogP contribution in [0.1, 0.15) is 6.92 Å². The van der Waals surface area contributed by atoms with Crippen LogP contribution >= 0.6 is 0 Å².